The summed E-state index contributed by atoms with van der Waals surface area (Å²) in [5, 5.41) is 3.45. The first kappa shape index (κ1) is 9.05. The minimum atomic E-state index is 0.773. The Labute approximate surface area is 70.6 Å². The Bertz CT molecular complexity index is 118. The average molecular weight is 155 g/mol. The van der Waals surface area contributed by atoms with Gasteiger partial charge in [0.15, 0.2) is 0 Å². The molecule has 4 atom stereocenters. The summed E-state index contributed by atoms with van der Waals surface area (Å²) in [6, 6.07) is 0.773. The molecule has 0 aromatic carbocycles. The second-order valence-corrected chi connectivity index (χ2v) is 4.08. The topological polar surface area (TPSA) is 12.0 Å². The molecule has 0 amide bonds. The maximum absolute atomic E-state index is 3.45. The highest BCUT2D eigenvalue weighted by molar-refractivity contribution is 4.93. The molecular weight excluding hydrogens is 134 g/mol. The number of hydrogen-bond acceptors (Lipinski definition) is 1. The third-order valence-electron chi connectivity index (χ3n) is 3.22. The van der Waals surface area contributed by atoms with E-state index in [0.29, 0.717) is 0 Å². The number of nitrogens with one attached hydrogen (secondary N) is 1. The molecule has 0 bridgehead atoms. The van der Waals surface area contributed by atoms with Gasteiger partial charge in [-0.25, -0.2) is 0 Å². The van der Waals surface area contributed by atoms with Crippen LogP contribution in [0.3, 0.4) is 0 Å². The zero-order chi connectivity index (χ0) is 8.43. The molecule has 11 heavy (non-hydrogen) atoms. The van der Waals surface area contributed by atoms with Crippen molar-refractivity contribution in [2.75, 3.05) is 7.05 Å². The predicted octanol–water partition coefficient (Wildman–Crippen LogP) is 2.28. The fourth-order valence-corrected chi connectivity index (χ4v) is 2.03. The molecule has 0 aromatic heterocycles. The van der Waals surface area contributed by atoms with E-state index in [1.807, 2.05) is 0 Å². The van der Waals surface area contributed by atoms with E-state index in [4.69, 9.17) is 0 Å². The van der Waals surface area contributed by atoms with E-state index in [2.05, 4.69) is 33.1 Å². The second kappa shape index (κ2) is 3.57. The van der Waals surface area contributed by atoms with Gasteiger partial charge in [-0.1, -0.05) is 27.2 Å². The molecule has 0 heterocycles. The van der Waals surface area contributed by atoms with E-state index in [0.717, 1.165) is 23.8 Å². The van der Waals surface area contributed by atoms with E-state index >= 15 is 0 Å². The molecule has 1 fully saturated rings. The predicted molar refractivity (Wildman–Crippen MR) is 49.6 cm³/mol. The van der Waals surface area contributed by atoms with Crippen molar-refractivity contribution in [2.24, 2.45) is 17.8 Å². The molecule has 1 nitrogen and oxygen atoms in total. The number of rotatable bonds is 4. The summed E-state index contributed by atoms with van der Waals surface area (Å²) < 4.78 is 0. The van der Waals surface area contributed by atoms with E-state index < -0.39 is 0 Å². The Kier molecular flexibility index (Phi) is 2.94. The highest BCUT2D eigenvalue weighted by Gasteiger charge is 2.40. The monoisotopic (exact) mass is 155 g/mol. The number of hydrogen-bond donors (Lipinski definition) is 1. The fourth-order valence-electron chi connectivity index (χ4n) is 2.03. The Morgan fingerprint density at radius 3 is 2.36 bits per heavy atom. The third-order valence-corrected chi connectivity index (χ3v) is 3.22. The van der Waals surface area contributed by atoms with Crippen molar-refractivity contribution < 1.29 is 0 Å². The molecule has 66 valence electrons. The summed E-state index contributed by atoms with van der Waals surface area (Å²) in [7, 11) is 2.10. The molecule has 0 saturated heterocycles. The van der Waals surface area contributed by atoms with E-state index in [-0.39, 0.29) is 0 Å². The van der Waals surface area contributed by atoms with Crippen molar-refractivity contribution >= 4 is 0 Å². The van der Waals surface area contributed by atoms with Crippen molar-refractivity contribution in [2.45, 2.75) is 39.7 Å². The van der Waals surface area contributed by atoms with Crippen LogP contribution in [0.5, 0.6) is 0 Å². The molecule has 1 N–H and O–H groups in total. The fraction of sp³-hybridized carbons (Fsp3) is 1.00. The van der Waals surface area contributed by atoms with Gasteiger partial charge in [-0.15, -0.1) is 0 Å². The van der Waals surface area contributed by atoms with Crippen LogP contribution in [0.25, 0.3) is 0 Å². The van der Waals surface area contributed by atoms with Crippen LogP contribution < -0.4 is 5.32 Å². The SMILES string of the molecule is CCC(C)C(NC)C1CC1C. The van der Waals surface area contributed by atoms with Gasteiger partial charge in [-0.3, -0.25) is 0 Å². The molecule has 1 rings (SSSR count). The standard InChI is InChI=1S/C10H21N/c1-5-7(2)10(11-4)9-6-8(9)3/h7-11H,5-6H2,1-4H3. The molecule has 0 spiro atoms. The maximum Gasteiger partial charge on any atom is 0.0120 e. The maximum atomic E-state index is 3.45. The first-order valence-electron chi connectivity index (χ1n) is 4.88. The Morgan fingerprint density at radius 1 is 1.55 bits per heavy atom. The minimum absolute atomic E-state index is 0.773. The summed E-state index contributed by atoms with van der Waals surface area (Å²) >= 11 is 0. The summed E-state index contributed by atoms with van der Waals surface area (Å²) in [4.78, 5) is 0. The molecule has 1 aliphatic carbocycles. The lowest BCUT2D eigenvalue weighted by atomic mass is 9.94. The normalized spacial score (nSPS) is 34.9. The van der Waals surface area contributed by atoms with Gasteiger partial charge in [0.25, 0.3) is 0 Å². The summed E-state index contributed by atoms with van der Waals surface area (Å²) in [5.74, 6) is 2.78. The molecule has 0 radical (unpaired) electrons. The summed E-state index contributed by atoms with van der Waals surface area (Å²) in [6.07, 6.45) is 2.74. The van der Waals surface area contributed by atoms with Gasteiger partial charge in [0.1, 0.15) is 0 Å². The van der Waals surface area contributed by atoms with E-state index in [1.165, 1.54) is 12.8 Å². The van der Waals surface area contributed by atoms with Crippen molar-refractivity contribution in [1.29, 1.82) is 0 Å². The minimum Gasteiger partial charge on any atom is -0.316 e. The molecule has 4 unspecified atom stereocenters. The lowest BCUT2D eigenvalue weighted by Gasteiger charge is -2.22. The van der Waals surface area contributed by atoms with Crippen LogP contribution in [0.15, 0.2) is 0 Å². The van der Waals surface area contributed by atoms with Gasteiger partial charge < -0.3 is 5.32 Å². The van der Waals surface area contributed by atoms with Gasteiger partial charge >= 0.3 is 0 Å². The van der Waals surface area contributed by atoms with E-state index in [1.54, 1.807) is 0 Å². The third kappa shape index (κ3) is 1.96. The van der Waals surface area contributed by atoms with Crippen LogP contribution in [0.2, 0.25) is 0 Å². The second-order valence-electron chi connectivity index (χ2n) is 4.08. The first-order valence-corrected chi connectivity index (χ1v) is 4.88. The Hall–Kier alpha value is -0.0400. The van der Waals surface area contributed by atoms with Crippen LogP contribution in [0.4, 0.5) is 0 Å². The Morgan fingerprint density at radius 2 is 2.09 bits per heavy atom. The molecule has 1 aliphatic rings. The molecule has 0 aliphatic heterocycles. The quantitative estimate of drug-likeness (QED) is 0.656. The first-order chi connectivity index (χ1) is 5.20. The lowest BCUT2D eigenvalue weighted by molar-refractivity contribution is 0.342. The van der Waals surface area contributed by atoms with Crippen molar-refractivity contribution in [3.8, 4) is 0 Å². The molecule has 0 aromatic rings. The van der Waals surface area contributed by atoms with Crippen molar-refractivity contribution in [3.05, 3.63) is 0 Å². The van der Waals surface area contributed by atoms with Gasteiger partial charge in [-0.2, -0.15) is 0 Å². The van der Waals surface area contributed by atoms with Gasteiger partial charge in [0.2, 0.25) is 0 Å². The van der Waals surface area contributed by atoms with Crippen LogP contribution >= 0.6 is 0 Å². The van der Waals surface area contributed by atoms with Crippen LogP contribution in [0.1, 0.15) is 33.6 Å². The highest BCUT2D eigenvalue weighted by atomic mass is 14.9. The molecule has 1 saturated carbocycles. The Balaban J connectivity index is 2.37. The van der Waals surface area contributed by atoms with Crippen LogP contribution in [0, 0.1) is 17.8 Å². The average Bonchev–Trinajstić information content (AvgIpc) is 2.68. The van der Waals surface area contributed by atoms with Gasteiger partial charge in [0.05, 0.1) is 0 Å². The smallest absolute Gasteiger partial charge is 0.0120 e. The lowest BCUT2D eigenvalue weighted by Crippen LogP contribution is -2.34. The van der Waals surface area contributed by atoms with Gasteiger partial charge in [0, 0.05) is 6.04 Å². The zero-order valence-corrected chi connectivity index (χ0v) is 8.22. The summed E-state index contributed by atoms with van der Waals surface area (Å²) in [6.45, 7) is 6.99. The van der Waals surface area contributed by atoms with Crippen molar-refractivity contribution in [3.63, 3.8) is 0 Å². The van der Waals surface area contributed by atoms with Crippen molar-refractivity contribution in [1.82, 2.24) is 5.32 Å². The largest absolute Gasteiger partial charge is 0.316 e. The highest BCUT2D eigenvalue weighted by Crippen LogP contribution is 2.42. The van der Waals surface area contributed by atoms with Crippen LogP contribution in [-0.4, -0.2) is 13.1 Å². The summed E-state index contributed by atoms with van der Waals surface area (Å²) in [5.41, 5.74) is 0. The van der Waals surface area contributed by atoms with Crippen LogP contribution in [-0.2, 0) is 0 Å². The van der Waals surface area contributed by atoms with Gasteiger partial charge in [-0.05, 0) is 31.2 Å². The molecule has 1 heteroatoms. The molecular formula is C10H21N. The van der Waals surface area contributed by atoms with E-state index in [9.17, 15) is 0 Å². The zero-order valence-electron chi connectivity index (χ0n) is 8.22.